The topological polar surface area (TPSA) is 76.0 Å². The Balaban J connectivity index is 2.10. The van der Waals surface area contributed by atoms with Crippen LogP contribution in [-0.4, -0.2) is 27.0 Å². The van der Waals surface area contributed by atoms with Gasteiger partial charge in [0.05, 0.1) is 10.8 Å². The highest BCUT2D eigenvalue weighted by Gasteiger charge is 2.09. The minimum atomic E-state index is -1.32. The minimum absolute atomic E-state index is 0.511. The molecule has 118 valence electrons. The fraction of sp³-hybridized carbons (Fsp3) is 0.250. The second-order valence-electron chi connectivity index (χ2n) is 4.65. The Morgan fingerprint density at radius 1 is 0.773 bits per heavy atom. The Bertz CT molecular complexity index is 564. The van der Waals surface area contributed by atoms with Crippen molar-refractivity contribution >= 4 is 10.8 Å². The van der Waals surface area contributed by atoms with Crippen molar-refractivity contribution < 1.29 is 23.9 Å². The summed E-state index contributed by atoms with van der Waals surface area (Å²) in [6, 6.07) is 13.4. The smallest absolute Gasteiger partial charge is 0.194 e. The molecule has 0 aliphatic rings. The standard InChI is InChI=1S/C16H18O5S/c1-11(17)20-13-3-7-15(8-4-13)22(19)16-9-5-14(6-10-16)21-12(2)18/h3-12,17-18H,1-2H3. The monoisotopic (exact) mass is 322 g/mol. The van der Waals surface area contributed by atoms with E-state index in [1.54, 1.807) is 48.5 Å². The third kappa shape index (κ3) is 4.56. The average Bonchev–Trinajstić information content (AvgIpc) is 2.47. The molecule has 0 heterocycles. The summed E-state index contributed by atoms with van der Waals surface area (Å²) in [6.07, 6.45) is -1.78. The summed E-state index contributed by atoms with van der Waals surface area (Å²) in [4.78, 5) is 1.25. The van der Waals surface area contributed by atoms with Gasteiger partial charge >= 0.3 is 0 Å². The molecule has 2 aromatic carbocycles. The van der Waals surface area contributed by atoms with Gasteiger partial charge in [0, 0.05) is 9.79 Å². The first-order chi connectivity index (χ1) is 10.5. The second kappa shape index (κ2) is 7.40. The van der Waals surface area contributed by atoms with Crippen LogP contribution >= 0.6 is 0 Å². The van der Waals surface area contributed by atoms with Crippen molar-refractivity contribution in [2.24, 2.45) is 0 Å². The summed E-state index contributed by atoms with van der Waals surface area (Å²) in [7, 11) is -1.32. The van der Waals surface area contributed by atoms with E-state index in [9.17, 15) is 4.21 Å². The van der Waals surface area contributed by atoms with E-state index in [0.29, 0.717) is 21.3 Å². The van der Waals surface area contributed by atoms with Gasteiger partial charge in [-0.05, 0) is 62.4 Å². The van der Waals surface area contributed by atoms with Crippen LogP contribution in [0.5, 0.6) is 11.5 Å². The molecule has 22 heavy (non-hydrogen) atoms. The van der Waals surface area contributed by atoms with Crippen molar-refractivity contribution in [3.05, 3.63) is 48.5 Å². The predicted octanol–water partition coefficient (Wildman–Crippen LogP) is 2.29. The lowest BCUT2D eigenvalue weighted by atomic mass is 10.3. The fourth-order valence-electron chi connectivity index (χ4n) is 1.81. The molecule has 0 spiro atoms. The highest BCUT2D eigenvalue weighted by molar-refractivity contribution is 7.85. The van der Waals surface area contributed by atoms with E-state index in [4.69, 9.17) is 19.7 Å². The Labute approximate surface area is 131 Å². The predicted molar refractivity (Wildman–Crippen MR) is 82.2 cm³/mol. The molecule has 0 amide bonds. The summed E-state index contributed by atoms with van der Waals surface area (Å²) in [5.74, 6) is 1.02. The SMILES string of the molecule is CC(O)Oc1ccc(S(=O)c2ccc(OC(C)O)cc2)cc1. The summed E-state index contributed by atoms with van der Waals surface area (Å²) in [5.41, 5.74) is 0. The van der Waals surface area contributed by atoms with Crippen molar-refractivity contribution in [1.29, 1.82) is 0 Å². The molecule has 0 saturated carbocycles. The molecular formula is C16H18O5S. The minimum Gasteiger partial charge on any atom is -0.465 e. The maximum absolute atomic E-state index is 12.4. The van der Waals surface area contributed by atoms with Crippen molar-refractivity contribution in [1.82, 2.24) is 0 Å². The lowest BCUT2D eigenvalue weighted by molar-refractivity contribution is -0.000906. The maximum Gasteiger partial charge on any atom is 0.194 e. The molecular weight excluding hydrogens is 304 g/mol. The number of aliphatic hydroxyl groups excluding tert-OH is 2. The molecule has 0 aromatic heterocycles. The highest BCUT2D eigenvalue weighted by atomic mass is 32.2. The molecule has 0 aliphatic heterocycles. The van der Waals surface area contributed by atoms with Crippen LogP contribution in [0.2, 0.25) is 0 Å². The molecule has 0 fully saturated rings. The Morgan fingerprint density at radius 2 is 1.09 bits per heavy atom. The van der Waals surface area contributed by atoms with Crippen molar-refractivity contribution in [3.63, 3.8) is 0 Å². The number of ether oxygens (including phenoxy) is 2. The summed E-state index contributed by atoms with van der Waals surface area (Å²) < 4.78 is 22.7. The van der Waals surface area contributed by atoms with Crippen LogP contribution in [0, 0.1) is 0 Å². The molecule has 2 unspecified atom stereocenters. The Kier molecular flexibility index (Phi) is 5.54. The Morgan fingerprint density at radius 3 is 1.36 bits per heavy atom. The highest BCUT2D eigenvalue weighted by Crippen LogP contribution is 2.22. The zero-order valence-electron chi connectivity index (χ0n) is 12.3. The van der Waals surface area contributed by atoms with Crippen LogP contribution in [0.15, 0.2) is 58.3 Å². The van der Waals surface area contributed by atoms with E-state index in [-0.39, 0.29) is 0 Å². The van der Waals surface area contributed by atoms with Gasteiger partial charge in [0.25, 0.3) is 0 Å². The lowest BCUT2D eigenvalue weighted by Gasteiger charge is -2.10. The van der Waals surface area contributed by atoms with Crippen LogP contribution in [0.1, 0.15) is 13.8 Å². The van der Waals surface area contributed by atoms with Crippen molar-refractivity contribution in [2.75, 3.05) is 0 Å². The molecule has 2 atom stereocenters. The third-order valence-electron chi connectivity index (χ3n) is 2.69. The van der Waals surface area contributed by atoms with Crippen LogP contribution in [0.3, 0.4) is 0 Å². The van der Waals surface area contributed by atoms with Gasteiger partial charge in [-0.2, -0.15) is 0 Å². The maximum atomic E-state index is 12.4. The van der Waals surface area contributed by atoms with E-state index in [1.807, 2.05) is 0 Å². The number of aliphatic hydroxyl groups is 2. The first-order valence-corrected chi connectivity index (χ1v) is 7.92. The second-order valence-corrected chi connectivity index (χ2v) is 6.13. The molecule has 2 aromatic rings. The van der Waals surface area contributed by atoms with Gasteiger partial charge in [0.1, 0.15) is 11.5 Å². The molecule has 0 saturated heterocycles. The number of rotatable bonds is 6. The van der Waals surface area contributed by atoms with Crippen LogP contribution in [-0.2, 0) is 10.8 Å². The van der Waals surface area contributed by atoms with Crippen molar-refractivity contribution in [2.45, 2.75) is 36.2 Å². The van der Waals surface area contributed by atoms with Gasteiger partial charge in [-0.1, -0.05) is 0 Å². The molecule has 0 radical (unpaired) electrons. The van der Waals surface area contributed by atoms with E-state index in [1.165, 1.54) is 13.8 Å². The first kappa shape index (κ1) is 16.5. The fourth-order valence-corrected chi connectivity index (χ4v) is 2.85. The zero-order valence-corrected chi connectivity index (χ0v) is 13.1. The van der Waals surface area contributed by atoms with Gasteiger partial charge in [-0.25, -0.2) is 4.21 Å². The van der Waals surface area contributed by atoms with Gasteiger partial charge in [-0.15, -0.1) is 0 Å². The van der Waals surface area contributed by atoms with E-state index in [0.717, 1.165) is 0 Å². The Hall–Kier alpha value is -1.89. The van der Waals surface area contributed by atoms with Gasteiger partial charge in [0.15, 0.2) is 12.6 Å². The number of benzene rings is 2. The summed E-state index contributed by atoms with van der Waals surface area (Å²) in [6.45, 7) is 3.03. The van der Waals surface area contributed by atoms with E-state index < -0.39 is 23.4 Å². The number of hydrogen-bond donors (Lipinski definition) is 2. The molecule has 6 heteroatoms. The van der Waals surface area contributed by atoms with E-state index in [2.05, 4.69) is 0 Å². The van der Waals surface area contributed by atoms with Gasteiger partial charge in [-0.3, -0.25) is 0 Å². The molecule has 5 nitrogen and oxygen atoms in total. The average molecular weight is 322 g/mol. The van der Waals surface area contributed by atoms with Crippen LogP contribution < -0.4 is 9.47 Å². The quantitative estimate of drug-likeness (QED) is 0.798. The van der Waals surface area contributed by atoms with Gasteiger partial charge < -0.3 is 19.7 Å². The summed E-state index contributed by atoms with van der Waals surface area (Å²) in [5, 5.41) is 18.3. The third-order valence-corrected chi connectivity index (χ3v) is 4.09. The van der Waals surface area contributed by atoms with Crippen LogP contribution in [0.4, 0.5) is 0 Å². The molecule has 2 rings (SSSR count). The molecule has 0 aliphatic carbocycles. The normalized spacial score (nSPS) is 14.9. The molecule has 2 N–H and O–H groups in total. The van der Waals surface area contributed by atoms with Crippen LogP contribution in [0.25, 0.3) is 0 Å². The summed E-state index contributed by atoms with van der Waals surface area (Å²) >= 11 is 0. The molecule has 0 bridgehead atoms. The number of hydrogen-bond acceptors (Lipinski definition) is 5. The lowest BCUT2D eigenvalue weighted by Crippen LogP contribution is -2.09. The van der Waals surface area contributed by atoms with Gasteiger partial charge in [0.2, 0.25) is 0 Å². The van der Waals surface area contributed by atoms with E-state index >= 15 is 0 Å². The largest absolute Gasteiger partial charge is 0.465 e. The van der Waals surface area contributed by atoms with Crippen molar-refractivity contribution in [3.8, 4) is 11.5 Å². The zero-order chi connectivity index (χ0) is 16.1. The first-order valence-electron chi connectivity index (χ1n) is 6.77.